The number of amides is 1. The fraction of sp³-hybridized carbons (Fsp3) is 0.536. The predicted octanol–water partition coefficient (Wildman–Crippen LogP) is 2.75. The highest BCUT2D eigenvalue weighted by Gasteiger charge is 2.41. The van der Waals surface area contributed by atoms with Crippen LogP contribution in [0.2, 0.25) is 0 Å². The largest absolute Gasteiger partial charge is 0.490 e. The normalized spacial score (nSPS) is 22.8. The minimum absolute atomic E-state index is 0.0482. The number of anilines is 1. The van der Waals surface area contributed by atoms with E-state index in [1.807, 2.05) is 32.0 Å². The molecule has 2 aromatic carbocycles. The third-order valence-corrected chi connectivity index (χ3v) is 7.52. The molecule has 0 saturated carbocycles. The molecular weight excluding hydrogens is 461 g/mol. The van der Waals surface area contributed by atoms with Gasteiger partial charge in [0.05, 0.1) is 12.1 Å². The molecule has 4 rings (SSSR count). The molecule has 0 bridgehead atoms. The van der Waals surface area contributed by atoms with E-state index in [9.17, 15) is 19.4 Å². The summed E-state index contributed by atoms with van der Waals surface area (Å²) in [6.07, 6.45) is 1.13. The van der Waals surface area contributed by atoms with Crippen molar-refractivity contribution >= 4 is 11.6 Å². The first kappa shape index (κ1) is 26.4. The van der Waals surface area contributed by atoms with E-state index in [4.69, 9.17) is 4.74 Å². The Kier molecular flexibility index (Phi) is 7.87. The Labute approximate surface area is 213 Å². The van der Waals surface area contributed by atoms with E-state index >= 15 is 0 Å². The summed E-state index contributed by atoms with van der Waals surface area (Å²) in [6.45, 7) is 8.87. The molecule has 2 aliphatic heterocycles. The summed E-state index contributed by atoms with van der Waals surface area (Å²) in [7, 11) is 0. The summed E-state index contributed by atoms with van der Waals surface area (Å²) < 4.78 is 19.3. The highest BCUT2D eigenvalue weighted by atomic mass is 19.1. The topological polar surface area (TPSA) is 76.5 Å². The number of ether oxygens (including phenoxy) is 1. The van der Waals surface area contributed by atoms with E-state index in [0.29, 0.717) is 57.9 Å². The molecule has 7 nitrogen and oxygen atoms in total. The van der Waals surface area contributed by atoms with Gasteiger partial charge in [-0.15, -0.1) is 0 Å². The molecule has 0 aliphatic carbocycles. The summed E-state index contributed by atoms with van der Waals surface area (Å²) in [6, 6.07) is 12.3. The second kappa shape index (κ2) is 10.7. The molecule has 2 aromatic rings. The number of aryl methyl sites for hydroxylation is 2. The Bertz CT molecular complexity index is 1060. The van der Waals surface area contributed by atoms with E-state index < -0.39 is 11.2 Å². The van der Waals surface area contributed by atoms with Gasteiger partial charge in [0, 0.05) is 51.9 Å². The van der Waals surface area contributed by atoms with Crippen LogP contribution in [-0.2, 0) is 4.79 Å². The van der Waals surface area contributed by atoms with Crippen molar-refractivity contribution in [3.63, 3.8) is 0 Å². The van der Waals surface area contributed by atoms with Crippen LogP contribution in [0.4, 0.5) is 10.1 Å². The third kappa shape index (κ3) is 6.55. The maximum atomic E-state index is 13.3. The number of benzene rings is 2. The van der Waals surface area contributed by atoms with Gasteiger partial charge in [0.15, 0.2) is 0 Å². The highest BCUT2D eigenvalue weighted by molar-refractivity contribution is 5.73. The van der Waals surface area contributed by atoms with Gasteiger partial charge in [0.2, 0.25) is 5.91 Å². The Morgan fingerprint density at radius 2 is 1.64 bits per heavy atom. The zero-order chi connectivity index (χ0) is 25.9. The number of aliphatic hydroxyl groups is 2. The van der Waals surface area contributed by atoms with E-state index in [2.05, 4.69) is 9.80 Å². The second-order valence-corrected chi connectivity index (χ2v) is 10.6. The maximum absolute atomic E-state index is 13.3. The summed E-state index contributed by atoms with van der Waals surface area (Å²) >= 11 is 0. The summed E-state index contributed by atoms with van der Waals surface area (Å²) in [4.78, 5) is 18.1. The zero-order valence-corrected chi connectivity index (χ0v) is 21.5. The maximum Gasteiger partial charge on any atom is 0.219 e. The van der Waals surface area contributed by atoms with E-state index in [-0.39, 0.29) is 24.9 Å². The lowest BCUT2D eigenvalue weighted by Gasteiger charge is -2.42. The number of carbonyl (C=O) groups is 1. The lowest BCUT2D eigenvalue weighted by atomic mass is 9.90. The number of nitrogens with zero attached hydrogens (tertiary/aromatic N) is 3. The average Bonchev–Trinajstić information content (AvgIpc) is 3.00. The number of halogens is 1. The fourth-order valence-electron chi connectivity index (χ4n) is 5.17. The van der Waals surface area contributed by atoms with Gasteiger partial charge in [-0.05, 0) is 74.2 Å². The number of β-amino-alcohol motifs (C(OH)–C–C–N with tert-alkyl or cyclic N) is 2. The average molecular weight is 500 g/mol. The highest BCUT2D eigenvalue weighted by Crippen LogP contribution is 2.29. The molecule has 2 aliphatic rings. The molecule has 2 heterocycles. The summed E-state index contributed by atoms with van der Waals surface area (Å²) in [5.74, 6) is 0.332. The van der Waals surface area contributed by atoms with Crippen molar-refractivity contribution in [1.82, 2.24) is 9.80 Å². The van der Waals surface area contributed by atoms with Gasteiger partial charge in [-0.3, -0.25) is 9.69 Å². The standard InChI is InChI=1S/C28H38FN3O4/c1-21-4-9-26(16-22(21)2)36-20-28(35)18-30(14-15-32(19-28)23(3)33)17-27(34)10-12-31(13-11-27)25-7-5-24(29)6-8-25/h4-9,16,34-35H,10-15,17-20H2,1-3H3. The molecule has 36 heavy (non-hydrogen) atoms. The molecular formula is C28H38FN3O4. The van der Waals surface area contributed by atoms with Gasteiger partial charge in [-0.2, -0.15) is 0 Å². The zero-order valence-electron chi connectivity index (χ0n) is 21.5. The van der Waals surface area contributed by atoms with Crippen molar-refractivity contribution in [2.24, 2.45) is 0 Å². The smallest absolute Gasteiger partial charge is 0.219 e. The molecule has 1 atom stereocenters. The SMILES string of the molecule is CC(=O)N1CCN(CC2(O)CCN(c3ccc(F)cc3)CC2)CC(O)(COc2ccc(C)c(C)c2)C1. The number of hydrogen-bond donors (Lipinski definition) is 2. The lowest BCUT2D eigenvalue weighted by Crippen LogP contribution is -2.55. The van der Waals surface area contributed by atoms with Crippen LogP contribution in [0.3, 0.4) is 0 Å². The molecule has 0 spiro atoms. The molecule has 0 radical (unpaired) electrons. The van der Waals surface area contributed by atoms with E-state index in [1.54, 1.807) is 17.0 Å². The van der Waals surface area contributed by atoms with Crippen molar-refractivity contribution in [2.45, 2.75) is 44.8 Å². The van der Waals surface area contributed by atoms with Gasteiger partial charge < -0.3 is 24.7 Å². The molecule has 196 valence electrons. The Balaban J connectivity index is 1.41. The lowest BCUT2D eigenvalue weighted by molar-refractivity contribution is -0.132. The first-order valence-corrected chi connectivity index (χ1v) is 12.7. The van der Waals surface area contributed by atoms with Crippen LogP contribution in [-0.4, -0.2) is 89.5 Å². The monoisotopic (exact) mass is 499 g/mol. The molecule has 0 aromatic heterocycles. The van der Waals surface area contributed by atoms with Gasteiger partial charge >= 0.3 is 0 Å². The second-order valence-electron chi connectivity index (χ2n) is 10.6. The molecule has 2 fully saturated rings. The minimum atomic E-state index is -1.27. The first-order chi connectivity index (χ1) is 17.0. The Hall–Kier alpha value is -2.68. The van der Waals surface area contributed by atoms with Crippen LogP contribution >= 0.6 is 0 Å². The van der Waals surface area contributed by atoms with Crippen LogP contribution in [0, 0.1) is 19.7 Å². The van der Waals surface area contributed by atoms with Crippen molar-refractivity contribution < 1.29 is 24.1 Å². The van der Waals surface area contributed by atoms with Crippen LogP contribution < -0.4 is 9.64 Å². The quantitative estimate of drug-likeness (QED) is 0.637. The van der Waals surface area contributed by atoms with Gasteiger partial charge in [-0.25, -0.2) is 4.39 Å². The van der Waals surface area contributed by atoms with Crippen LogP contribution in [0.5, 0.6) is 5.75 Å². The van der Waals surface area contributed by atoms with Crippen LogP contribution in [0.25, 0.3) is 0 Å². The fourth-order valence-corrected chi connectivity index (χ4v) is 5.17. The van der Waals surface area contributed by atoms with Crippen LogP contribution in [0.1, 0.15) is 30.9 Å². The molecule has 2 N–H and O–H groups in total. The third-order valence-electron chi connectivity index (χ3n) is 7.52. The number of rotatable bonds is 6. The first-order valence-electron chi connectivity index (χ1n) is 12.7. The number of hydrogen-bond acceptors (Lipinski definition) is 6. The van der Waals surface area contributed by atoms with Gasteiger partial charge in [0.25, 0.3) is 0 Å². The Morgan fingerprint density at radius 3 is 2.28 bits per heavy atom. The summed E-state index contributed by atoms with van der Waals surface area (Å²) in [5, 5.41) is 23.0. The Morgan fingerprint density at radius 1 is 0.944 bits per heavy atom. The number of carbonyl (C=O) groups excluding carboxylic acids is 1. The molecule has 8 heteroatoms. The van der Waals surface area contributed by atoms with E-state index in [0.717, 1.165) is 11.3 Å². The van der Waals surface area contributed by atoms with Crippen LogP contribution in [0.15, 0.2) is 42.5 Å². The van der Waals surface area contributed by atoms with Gasteiger partial charge in [0.1, 0.15) is 23.8 Å². The summed E-state index contributed by atoms with van der Waals surface area (Å²) in [5.41, 5.74) is 1.05. The molecule has 1 amide bonds. The predicted molar refractivity (Wildman–Crippen MR) is 138 cm³/mol. The van der Waals surface area contributed by atoms with Crippen molar-refractivity contribution in [3.05, 3.63) is 59.4 Å². The molecule has 1 unspecified atom stereocenters. The van der Waals surface area contributed by atoms with Crippen molar-refractivity contribution in [3.8, 4) is 5.75 Å². The number of piperidine rings is 1. The minimum Gasteiger partial charge on any atom is -0.490 e. The molecule has 2 saturated heterocycles. The van der Waals surface area contributed by atoms with E-state index in [1.165, 1.54) is 24.6 Å². The van der Waals surface area contributed by atoms with Gasteiger partial charge in [-0.1, -0.05) is 6.07 Å². The van der Waals surface area contributed by atoms with Crippen molar-refractivity contribution in [1.29, 1.82) is 0 Å². The van der Waals surface area contributed by atoms with Crippen molar-refractivity contribution in [2.75, 3.05) is 57.3 Å².